The van der Waals surface area contributed by atoms with Gasteiger partial charge in [-0.3, -0.25) is 4.79 Å². The topological polar surface area (TPSA) is 70.2 Å². The van der Waals surface area contributed by atoms with Crippen molar-refractivity contribution in [1.82, 2.24) is 9.29 Å². The van der Waals surface area contributed by atoms with E-state index >= 15 is 0 Å². The van der Waals surface area contributed by atoms with Gasteiger partial charge >= 0.3 is 10.4 Å². The standard InChI is InChI=1S/C12H10F2N2O3S/c13-7-1-2-10-8(5-7)12(17)9-6-16(20(14,18)19)4-3-11(9)15-10/h1-2,5H,3-4,6H2,(H,15,17). The molecule has 0 saturated carbocycles. The molecule has 3 rings (SSSR count). The van der Waals surface area contributed by atoms with Gasteiger partial charge in [-0.05, 0) is 18.2 Å². The third-order valence-corrected chi connectivity index (χ3v) is 4.33. The lowest BCUT2D eigenvalue weighted by atomic mass is 10.0. The van der Waals surface area contributed by atoms with Gasteiger partial charge in [-0.25, -0.2) is 4.39 Å². The Morgan fingerprint density at radius 3 is 2.75 bits per heavy atom. The van der Waals surface area contributed by atoms with Crippen molar-refractivity contribution in [2.24, 2.45) is 0 Å². The third kappa shape index (κ3) is 2.10. The zero-order valence-corrected chi connectivity index (χ0v) is 11.0. The second-order valence-corrected chi connectivity index (χ2v) is 5.97. The molecule has 1 aliphatic heterocycles. The molecule has 0 atom stereocenters. The number of halogens is 2. The van der Waals surface area contributed by atoms with Gasteiger partial charge in [0.2, 0.25) is 0 Å². The Balaban J connectivity index is 2.21. The Labute approximate surface area is 113 Å². The summed E-state index contributed by atoms with van der Waals surface area (Å²) < 4.78 is 48.6. The van der Waals surface area contributed by atoms with Crippen LogP contribution in [0.5, 0.6) is 0 Å². The molecule has 1 aromatic carbocycles. The van der Waals surface area contributed by atoms with Crippen LogP contribution in [0.15, 0.2) is 23.0 Å². The van der Waals surface area contributed by atoms with Crippen molar-refractivity contribution in [1.29, 1.82) is 0 Å². The van der Waals surface area contributed by atoms with Gasteiger partial charge in [-0.1, -0.05) is 3.89 Å². The minimum absolute atomic E-state index is 0.0333. The largest absolute Gasteiger partial charge is 0.375 e. The summed E-state index contributed by atoms with van der Waals surface area (Å²) in [6, 6.07) is 3.76. The number of fused-ring (bicyclic) bond motifs is 2. The maximum atomic E-state index is 13.2. The van der Waals surface area contributed by atoms with E-state index in [1.807, 2.05) is 0 Å². The van der Waals surface area contributed by atoms with Crippen molar-refractivity contribution < 1.29 is 16.7 Å². The molecule has 0 amide bonds. The summed E-state index contributed by atoms with van der Waals surface area (Å²) in [5.74, 6) is -0.561. The smallest absolute Gasteiger partial charge is 0.358 e. The van der Waals surface area contributed by atoms with E-state index in [1.165, 1.54) is 12.1 Å². The van der Waals surface area contributed by atoms with Crippen molar-refractivity contribution in [3.63, 3.8) is 0 Å². The van der Waals surface area contributed by atoms with Gasteiger partial charge in [-0.15, -0.1) is 0 Å². The fourth-order valence-corrected chi connectivity index (χ4v) is 3.00. The third-order valence-electron chi connectivity index (χ3n) is 3.40. The molecule has 1 N–H and O–H groups in total. The summed E-state index contributed by atoms with van der Waals surface area (Å²) in [7, 11) is -4.84. The van der Waals surface area contributed by atoms with E-state index < -0.39 is 21.7 Å². The van der Waals surface area contributed by atoms with Crippen LogP contribution in [-0.4, -0.2) is 24.3 Å². The van der Waals surface area contributed by atoms with Crippen LogP contribution < -0.4 is 5.43 Å². The summed E-state index contributed by atoms with van der Waals surface area (Å²) in [5.41, 5.74) is 0.734. The molecule has 0 bridgehead atoms. The van der Waals surface area contributed by atoms with E-state index in [9.17, 15) is 21.5 Å². The van der Waals surface area contributed by atoms with Crippen LogP contribution in [0, 0.1) is 5.82 Å². The Hall–Kier alpha value is -1.80. The lowest BCUT2D eigenvalue weighted by molar-refractivity contribution is 0.363. The van der Waals surface area contributed by atoms with Crippen molar-refractivity contribution in [3.8, 4) is 0 Å². The quantitative estimate of drug-likeness (QED) is 0.806. The first-order valence-corrected chi connectivity index (χ1v) is 7.23. The van der Waals surface area contributed by atoms with Crippen molar-refractivity contribution in [2.45, 2.75) is 13.0 Å². The molecule has 0 spiro atoms. The number of pyridine rings is 1. The van der Waals surface area contributed by atoms with E-state index in [0.717, 1.165) is 6.07 Å². The highest BCUT2D eigenvalue weighted by atomic mass is 32.3. The van der Waals surface area contributed by atoms with Gasteiger partial charge in [-0.2, -0.15) is 12.7 Å². The van der Waals surface area contributed by atoms with E-state index in [4.69, 9.17) is 0 Å². The second-order valence-electron chi connectivity index (χ2n) is 4.63. The zero-order valence-electron chi connectivity index (χ0n) is 10.2. The average molecular weight is 300 g/mol. The molecular formula is C12H10F2N2O3S. The lowest BCUT2D eigenvalue weighted by Gasteiger charge is -2.24. The Kier molecular flexibility index (Phi) is 2.87. The number of H-pyrrole nitrogens is 1. The molecule has 20 heavy (non-hydrogen) atoms. The van der Waals surface area contributed by atoms with E-state index in [0.29, 0.717) is 15.5 Å². The average Bonchev–Trinajstić information content (AvgIpc) is 2.38. The Bertz CT molecular complexity index is 861. The van der Waals surface area contributed by atoms with Crippen LogP contribution in [-0.2, 0) is 23.4 Å². The summed E-state index contributed by atoms with van der Waals surface area (Å²) in [4.78, 5) is 15.2. The number of aromatic amines is 1. The highest BCUT2D eigenvalue weighted by Crippen LogP contribution is 2.21. The molecule has 0 fully saturated rings. The molecule has 106 valence electrons. The predicted molar refractivity (Wildman–Crippen MR) is 68.7 cm³/mol. The SMILES string of the molecule is O=c1c2c([nH]c3ccc(F)cc13)CCN(S(=O)(=O)F)C2. The number of rotatable bonds is 1. The highest BCUT2D eigenvalue weighted by molar-refractivity contribution is 7.83. The molecule has 0 saturated heterocycles. The number of nitrogens with zero attached hydrogens (tertiary/aromatic N) is 1. The van der Waals surface area contributed by atoms with Gasteiger partial charge in [0.15, 0.2) is 5.43 Å². The Morgan fingerprint density at radius 1 is 1.30 bits per heavy atom. The summed E-state index contributed by atoms with van der Waals surface area (Å²) in [6.45, 7) is -0.371. The molecular weight excluding hydrogens is 290 g/mol. The summed E-state index contributed by atoms with van der Waals surface area (Å²) in [5, 5.41) is 0.127. The normalized spacial score (nSPS) is 16.3. The van der Waals surface area contributed by atoms with Crippen LogP contribution in [0.25, 0.3) is 10.9 Å². The molecule has 2 heterocycles. The van der Waals surface area contributed by atoms with Gasteiger partial charge in [0, 0.05) is 41.7 Å². The molecule has 0 aliphatic carbocycles. The fourth-order valence-electron chi connectivity index (χ4n) is 2.41. The predicted octanol–water partition coefficient (Wildman–Crippen LogP) is 1.24. The minimum atomic E-state index is -4.84. The summed E-state index contributed by atoms with van der Waals surface area (Å²) >= 11 is 0. The van der Waals surface area contributed by atoms with E-state index in [-0.39, 0.29) is 30.5 Å². The summed E-state index contributed by atoms with van der Waals surface area (Å²) in [6.07, 6.45) is 0.209. The molecule has 0 unspecified atom stereocenters. The molecule has 0 radical (unpaired) electrons. The van der Waals surface area contributed by atoms with Crippen LogP contribution >= 0.6 is 0 Å². The van der Waals surface area contributed by atoms with Gasteiger partial charge in [0.05, 0.1) is 0 Å². The molecule has 8 heteroatoms. The van der Waals surface area contributed by atoms with Crippen molar-refractivity contribution >= 4 is 21.3 Å². The molecule has 1 aliphatic rings. The molecule has 5 nitrogen and oxygen atoms in total. The number of hydrogen-bond acceptors (Lipinski definition) is 3. The Morgan fingerprint density at radius 2 is 2.05 bits per heavy atom. The van der Waals surface area contributed by atoms with Crippen molar-refractivity contribution in [3.05, 3.63) is 45.5 Å². The number of hydrogen-bond donors (Lipinski definition) is 1. The first-order chi connectivity index (χ1) is 9.36. The monoisotopic (exact) mass is 300 g/mol. The number of aromatic nitrogens is 1. The first-order valence-electron chi connectivity index (χ1n) is 5.89. The first kappa shape index (κ1) is 13.2. The number of nitrogens with one attached hydrogen (secondary N) is 1. The lowest BCUT2D eigenvalue weighted by Crippen LogP contribution is -2.37. The fraction of sp³-hybridized carbons (Fsp3) is 0.250. The molecule has 2 aromatic rings. The zero-order chi connectivity index (χ0) is 14.5. The van der Waals surface area contributed by atoms with Gasteiger partial charge in [0.25, 0.3) is 0 Å². The van der Waals surface area contributed by atoms with Crippen LogP contribution in [0.1, 0.15) is 11.3 Å². The van der Waals surface area contributed by atoms with Gasteiger partial charge in [0.1, 0.15) is 5.82 Å². The minimum Gasteiger partial charge on any atom is -0.358 e. The van der Waals surface area contributed by atoms with E-state index in [1.54, 1.807) is 0 Å². The highest BCUT2D eigenvalue weighted by Gasteiger charge is 2.28. The maximum Gasteiger partial charge on any atom is 0.375 e. The maximum absolute atomic E-state index is 13.2. The van der Waals surface area contributed by atoms with Crippen LogP contribution in [0.3, 0.4) is 0 Å². The molecule has 1 aromatic heterocycles. The van der Waals surface area contributed by atoms with Crippen molar-refractivity contribution in [2.75, 3.05) is 6.54 Å². The van der Waals surface area contributed by atoms with Crippen LogP contribution in [0.4, 0.5) is 8.28 Å². The number of benzene rings is 1. The van der Waals surface area contributed by atoms with E-state index in [2.05, 4.69) is 4.98 Å². The second kappa shape index (κ2) is 4.35. The van der Waals surface area contributed by atoms with Gasteiger partial charge < -0.3 is 4.98 Å². The van der Waals surface area contributed by atoms with Crippen LogP contribution in [0.2, 0.25) is 0 Å².